The van der Waals surface area contributed by atoms with Crippen LogP contribution < -0.4 is 5.73 Å². The van der Waals surface area contributed by atoms with Crippen LogP contribution in [0.1, 0.15) is 15.9 Å². The van der Waals surface area contributed by atoms with Crippen LogP contribution >= 0.6 is 0 Å². The lowest BCUT2D eigenvalue weighted by Gasteiger charge is -2.08. The Morgan fingerprint density at radius 1 is 1.40 bits per heavy atom. The second-order valence-corrected chi connectivity index (χ2v) is 3.11. The summed E-state index contributed by atoms with van der Waals surface area (Å²) in [7, 11) is 2.96. The molecule has 0 fully saturated rings. The Morgan fingerprint density at radius 3 is 2.73 bits per heavy atom. The van der Waals surface area contributed by atoms with Crippen LogP contribution in [0.2, 0.25) is 0 Å². The molecule has 0 aliphatic rings. The number of nitrogen functional groups attached to an aromatic ring is 1. The van der Waals surface area contributed by atoms with Crippen LogP contribution in [0.3, 0.4) is 0 Å². The molecular formula is C11H15NO3. The summed E-state index contributed by atoms with van der Waals surface area (Å²) in [5, 5.41) is 0. The van der Waals surface area contributed by atoms with E-state index in [2.05, 4.69) is 4.74 Å². The highest BCUT2D eigenvalue weighted by atomic mass is 16.5. The first-order valence-electron chi connectivity index (χ1n) is 4.65. The fourth-order valence-corrected chi connectivity index (χ4v) is 1.33. The predicted molar refractivity (Wildman–Crippen MR) is 57.8 cm³/mol. The number of esters is 1. The molecule has 4 heteroatoms. The first-order chi connectivity index (χ1) is 7.20. The van der Waals surface area contributed by atoms with Crippen molar-refractivity contribution >= 4 is 11.7 Å². The number of rotatable bonds is 4. The van der Waals surface area contributed by atoms with Crippen molar-refractivity contribution in [1.82, 2.24) is 0 Å². The molecule has 2 N–H and O–H groups in total. The molecule has 0 saturated heterocycles. The van der Waals surface area contributed by atoms with Crippen LogP contribution in [-0.2, 0) is 15.9 Å². The van der Waals surface area contributed by atoms with Crippen molar-refractivity contribution in [2.24, 2.45) is 0 Å². The van der Waals surface area contributed by atoms with E-state index < -0.39 is 5.97 Å². The topological polar surface area (TPSA) is 61.5 Å². The molecule has 0 bridgehead atoms. The van der Waals surface area contributed by atoms with Gasteiger partial charge in [0.25, 0.3) is 0 Å². The van der Waals surface area contributed by atoms with Crippen LogP contribution in [-0.4, -0.2) is 26.8 Å². The molecule has 0 atom stereocenters. The molecular weight excluding hydrogens is 194 g/mol. The molecule has 0 amide bonds. The predicted octanol–water partition coefficient (Wildman–Crippen LogP) is 1.24. The minimum atomic E-state index is -0.410. The third-order valence-electron chi connectivity index (χ3n) is 2.18. The minimum absolute atomic E-state index is 0.408. The number of ether oxygens (including phenoxy) is 2. The molecule has 0 heterocycles. The Kier molecular flexibility index (Phi) is 4.12. The van der Waals surface area contributed by atoms with Crippen LogP contribution in [0.25, 0.3) is 0 Å². The zero-order chi connectivity index (χ0) is 11.3. The van der Waals surface area contributed by atoms with E-state index in [1.165, 1.54) is 7.11 Å². The Bertz CT molecular complexity index is 350. The minimum Gasteiger partial charge on any atom is -0.465 e. The van der Waals surface area contributed by atoms with E-state index in [9.17, 15) is 4.79 Å². The maximum atomic E-state index is 11.3. The molecule has 82 valence electrons. The summed E-state index contributed by atoms with van der Waals surface area (Å²) in [5.41, 5.74) is 7.63. The third kappa shape index (κ3) is 2.70. The van der Waals surface area contributed by atoms with Gasteiger partial charge >= 0.3 is 5.97 Å². The average molecular weight is 209 g/mol. The highest BCUT2D eigenvalue weighted by Crippen LogP contribution is 2.18. The molecule has 0 spiro atoms. The van der Waals surface area contributed by atoms with Crippen molar-refractivity contribution < 1.29 is 14.3 Å². The molecule has 1 aromatic carbocycles. The number of hydrogen-bond donors (Lipinski definition) is 1. The Hall–Kier alpha value is -1.55. The molecule has 0 radical (unpaired) electrons. The van der Waals surface area contributed by atoms with E-state index in [4.69, 9.17) is 10.5 Å². The van der Waals surface area contributed by atoms with Crippen LogP contribution in [0.5, 0.6) is 0 Å². The summed E-state index contributed by atoms with van der Waals surface area (Å²) in [6.45, 7) is 0.578. The Labute approximate surface area is 89.0 Å². The number of nitrogens with two attached hydrogens (primary N) is 1. The van der Waals surface area contributed by atoms with Crippen LogP contribution in [0, 0.1) is 0 Å². The van der Waals surface area contributed by atoms with Gasteiger partial charge in [-0.2, -0.15) is 0 Å². The maximum Gasteiger partial charge on any atom is 0.339 e. The van der Waals surface area contributed by atoms with E-state index in [-0.39, 0.29) is 0 Å². The smallest absolute Gasteiger partial charge is 0.339 e. The van der Waals surface area contributed by atoms with Crippen molar-refractivity contribution in [2.45, 2.75) is 6.42 Å². The Balaban J connectivity index is 2.95. The standard InChI is InChI=1S/C11H15NO3/c1-14-7-6-8-4-3-5-9(10(8)12)11(13)15-2/h3-5H,6-7,12H2,1-2H3. The molecule has 0 saturated carbocycles. The molecule has 0 aliphatic carbocycles. The zero-order valence-corrected chi connectivity index (χ0v) is 8.95. The lowest BCUT2D eigenvalue weighted by Crippen LogP contribution is -2.08. The molecule has 1 rings (SSSR count). The van der Waals surface area contributed by atoms with Gasteiger partial charge in [-0.15, -0.1) is 0 Å². The maximum absolute atomic E-state index is 11.3. The zero-order valence-electron chi connectivity index (χ0n) is 8.95. The monoisotopic (exact) mass is 209 g/mol. The SMILES string of the molecule is COCCc1cccc(C(=O)OC)c1N. The normalized spacial score (nSPS) is 10.0. The van der Waals surface area contributed by atoms with Crippen molar-refractivity contribution in [2.75, 3.05) is 26.6 Å². The summed E-state index contributed by atoms with van der Waals surface area (Å²) in [6.07, 6.45) is 0.688. The number of methoxy groups -OCH3 is 2. The molecule has 0 aromatic heterocycles. The van der Waals surface area contributed by atoms with E-state index in [1.54, 1.807) is 19.2 Å². The van der Waals surface area contributed by atoms with Gasteiger partial charge in [-0.3, -0.25) is 0 Å². The summed E-state index contributed by atoms with van der Waals surface area (Å²) < 4.78 is 9.58. The fraction of sp³-hybridized carbons (Fsp3) is 0.364. The van der Waals surface area contributed by atoms with Crippen molar-refractivity contribution in [1.29, 1.82) is 0 Å². The molecule has 15 heavy (non-hydrogen) atoms. The fourth-order valence-electron chi connectivity index (χ4n) is 1.33. The quantitative estimate of drug-likeness (QED) is 0.598. The number of carbonyl (C=O) groups excluding carboxylic acids is 1. The lowest BCUT2D eigenvalue weighted by atomic mass is 10.1. The van der Waals surface area contributed by atoms with Gasteiger partial charge in [-0.25, -0.2) is 4.79 Å². The van der Waals surface area contributed by atoms with Gasteiger partial charge in [0, 0.05) is 12.8 Å². The first-order valence-corrected chi connectivity index (χ1v) is 4.65. The van der Waals surface area contributed by atoms with Gasteiger partial charge in [0.05, 0.1) is 19.3 Å². The molecule has 1 aromatic rings. The molecule has 0 aliphatic heterocycles. The first kappa shape index (κ1) is 11.5. The summed E-state index contributed by atoms with van der Waals surface area (Å²) >= 11 is 0. The van der Waals surface area contributed by atoms with Gasteiger partial charge in [0.15, 0.2) is 0 Å². The van der Waals surface area contributed by atoms with Crippen LogP contribution in [0.15, 0.2) is 18.2 Å². The lowest BCUT2D eigenvalue weighted by molar-refractivity contribution is 0.0602. The number of para-hydroxylation sites is 1. The van der Waals surface area contributed by atoms with Gasteiger partial charge in [0.1, 0.15) is 0 Å². The molecule has 0 unspecified atom stereocenters. The summed E-state index contributed by atoms with van der Waals surface area (Å²) in [6, 6.07) is 5.31. The van der Waals surface area contributed by atoms with Gasteiger partial charge < -0.3 is 15.2 Å². The van der Waals surface area contributed by atoms with E-state index >= 15 is 0 Å². The second-order valence-electron chi connectivity index (χ2n) is 3.11. The van der Waals surface area contributed by atoms with Gasteiger partial charge in [0.2, 0.25) is 0 Å². The highest BCUT2D eigenvalue weighted by molar-refractivity contribution is 5.95. The highest BCUT2D eigenvalue weighted by Gasteiger charge is 2.11. The van der Waals surface area contributed by atoms with E-state index in [1.807, 2.05) is 6.07 Å². The second kappa shape index (κ2) is 5.36. The van der Waals surface area contributed by atoms with Crippen molar-refractivity contribution in [3.8, 4) is 0 Å². The largest absolute Gasteiger partial charge is 0.465 e. The number of hydrogen-bond acceptors (Lipinski definition) is 4. The van der Waals surface area contributed by atoms with E-state index in [0.29, 0.717) is 24.3 Å². The van der Waals surface area contributed by atoms with Crippen molar-refractivity contribution in [3.63, 3.8) is 0 Å². The molecule has 4 nitrogen and oxygen atoms in total. The van der Waals surface area contributed by atoms with Crippen molar-refractivity contribution in [3.05, 3.63) is 29.3 Å². The van der Waals surface area contributed by atoms with Crippen LogP contribution in [0.4, 0.5) is 5.69 Å². The van der Waals surface area contributed by atoms with Gasteiger partial charge in [-0.05, 0) is 18.1 Å². The summed E-state index contributed by atoms with van der Waals surface area (Å²) in [4.78, 5) is 11.3. The number of benzene rings is 1. The summed E-state index contributed by atoms with van der Waals surface area (Å²) in [5.74, 6) is -0.410. The Morgan fingerprint density at radius 2 is 2.13 bits per heavy atom. The number of carbonyl (C=O) groups is 1. The van der Waals surface area contributed by atoms with Gasteiger partial charge in [-0.1, -0.05) is 12.1 Å². The number of anilines is 1. The third-order valence-corrected chi connectivity index (χ3v) is 2.18. The average Bonchev–Trinajstić information content (AvgIpc) is 2.27. The van der Waals surface area contributed by atoms with E-state index in [0.717, 1.165) is 5.56 Å².